The van der Waals surface area contributed by atoms with Crippen LogP contribution in [0.25, 0.3) is 0 Å². The summed E-state index contributed by atoms with van der Waals surface area (Å²) in [6.07, 6.45) is 9.31. The van der Waals surface area contributed by atoms with Crippen molar-refractivity contribution in [3.63, 3.8) is 0 Å². The summed E-state index contributed by atoms with van der Waals surface area (Å²) in [5.74, 6) is 0.309. The average molecular weight is 343 g/mol. The monoisotopic (exact) mass is 343 g/mol. The third kappa shape index (κ3) is 5.72. The molecule has 7 nitrogen and oxygen atoms in total. The van der Waals surface area contributed by atoms with Gasteiger partial charge in [-0.2, -0.15) is 0 Å². The Hall–Kier alpha value is -3.22. The molecule has 0 fully saturated rings. The van der Waals surface area contributed by atoms with Crippen molar-refractivity contribution in [3.05, 3.63) is 71.5 Å². The van der Waals surface area contributed by atoms with Crippen molar-refractivity contribution in [3.8, 4) is 5.75 Å². The van der Waals surface area contributed by atoms with Gasteiger partial charge in [0.25, 0.3) is 5.91 Å². The fourth-order valence-corrected chi connectivity index (χ4v) is 2.02. The number of rotatable bonds is 8. The van der Waals surface area contributed by atoms with Crippen LogP contribution < -0.4 is 27.3 Å². The van der Waals surface area contributed by atoms with E-state index >= 15 is 0 Å². The Kier molecular flexibility index (Phi) is 7.78. The van der Waals surface area contributed by atoms with Crippen LogP contribution in [0.15, 0.2) is 65.9 Å². The first-order chi connectivity index (χ1) is 11.9. The van der Waals surface area contributed by atoms with Crippen LogP contribution in [0.3, 0.4) is 0 Å². The molecule has 0 radical (unpaired) electrons. The Morgan fingerprint density at radius 2 is 2.08 bits per heavy atom. The largest absolute Gasteiger partial charge is 0.496 e. The molecule has 7 heteroatoms. The van der Waals surface area contributed by atoms with Crippen LogP contribution in [0.1, 0.15) is 12.5 Å². The van der Waals surface area contributed by atoms with Gasteiger partial charge >= 0.3 is 0 Å². The molecule has 0 aliphatic heterocycles. The topological polar surface area (TPSA) is 129 Å². The van der Waals surface area contributed by atoms with E-state index < -0.39 is 5.91 Å². The highest BCUT2D eigenvalue weighted by Crippen LogP contribution is 2.17. The van der Waals surface area contributed by atoms with Crippen molar-refractivity contribution in [2.45, 2.75) is 13.3 Å². The number of nitrogens with zero attached hydrogens (tertiary/aromatic N) is 1. The second-order valence-electron chi connectivity index (χ2n) is 5.11. The first kappa shape index (κ1) is 19.8. The molecule has 0 bridgehead atoms. The summed E-state index contributed by atoms with van der Waals surface area (Å²) < 4.78 is 5.27. The Morgan fingerprint density at radius 1 is 1.36 bits per heavy atom. The van der Waals surface area contributed by atoms with Gasteiger partial charge in [0.15, 0.2) is 0 Å². The highest BCUT2D eigenvalue weighted by atomic mass is 16.5. The second kappa shape index (κ2) is 9.82. The molecular formula is C18H25N5O2. The molecule has 7 N–H and O–H groups in total. The second-order valence-corrected chi connectivity index (χ2v) is 5.11. The van der Waals surface area contributed by atoms with Crippen molar-refractivity contribution in [2.24, 2.45) is 17.2 Å². The molecular weight excluding hydrogens is 318 g/mol. The molecule has 25 heavy (non-hydrogen) atoms. The molecule has 134 valence electrons. The number of pyridine rings is 1. The number of nitrogens with two attached hydrogens (primary N) is 3. The molecule has 0 atom stereocenters. The van der Waals surface area contributed by atoms with Gasteiger partial charge in [-0.25, -0.2) is 0 Å². The van der Waals surface area contributed by atoms with Crippen molar-refractivity contribution < 1.29 is 9.53 Å². The van der Waals surface area contributed by atoms with E-state index in [1.807, 2.05) is 6.08 Å². The summed E-state index contributed by atoms with van der Waals surface area (Å²) in [4.78, 5) is 15.9. The predicted octanol–water partition coefficient (Wildman–Crippen LogP) is 0.853. The lowest BCUT2D eigenvalue weighted by Gasteiger charge is -2.10. The van der Waals surface area contributed by atoms with E-state index in [1.54, 1.807) is 44.6 Å². The minimum absolute atomic E-state index is 0.0852. The van der Waals surface area contributed by atoms with E-state index in [9.17, 15) is 4.79 Å². The van der Waals surface area contributed by atoms with Gasteiger partial charge in [-0.3, -0.25) is 9.78 Å². The highest BCUT2D eigenvalue weighted by Gasteiger charge is 2.12. The molecule has 1 rings (SSSR count). The number of ether oxygens (including phenoxy) is 1. The summed E-state index contributed by atoms with van der Waals surface area (Å²) in [5, 5.41) is 2.58. The summed E-state index contributed by atoms with van der Waals surface area (Å²) in [5.41, 5.74) is 19.0. The summed E-state index contributed by atoms with van der Waals surface area (Å²) in [6, 6.07) is 1.79. The molecule has 0 saturated heterocycles. The Morgan fingerprint density at radius 3 is 2.68 bits per heavy atom. The molecule has 0 aromatic carbocycles. The molecule has 1 heterocycles. The van der Waals surface area contributed by atoms with Gasteiger partial charge in [0.1, 0.15) is 11.4 Å². The number of hydrogen-bond donors (Lipinski definition) is 4. The zero-order valence-electron chi connectivity index (χ0n) is 14.6. The van der Waals surface area contributed by atoms with Gasteiger partial charge in [0.2, 0.25) is 0 Å². The standard InChI is InChI=1S/C18H25N5O2/c1-4-23-18(24)17(21)16(20)14(12(2)19)8-6-5-7-13-11-22-10-9-15(13)25-3/h5-6,8-11H,2,4,7,19-21H2,1,3H3,(H,23,24)/b6-5-,14-8+,17-16+. The lowest BCUT2D eigenvalue weighted by molar-refractivity contribution is -0.117. The Bertz CT molecular complexity index is 720. The fraction of sp³-hybridized carbons (Fsp3) is 0.222. The van der Waals surface area contributed by atoms with Gasteiger partial charge in [0.05, 0.1) is 12.8 Å². The van der Waals surface area contributed by atoms with E-state index in [1.165, 1.54) is 0 Å². The highest BCUT2D eigenvalue weighted by molar-refractivity contribution is 5.94. The smallest absolute Gasteiger partial charge is 0.269 e. The molecule has 1 amide bonds. The third-order valence-electron chi connectivity index (χ3n) is 3.32. The van der Waals surface area contributed by atoms with Crippen LogP contribution in [-0.4, -0.2) is 24.5 Å². The number of carbonyl (C=O) groups excluding carboxylic acids is 1. The van der Waals surface area contributed by atoms with Gasteiger partial charge in [0, 0.05) is 35.8 Å². The van der Waals surface area contributed by atoms with E-state index in [-0.39, 0.29) is 17.1 Å². The van der Waals surface area contributed by atoms with Crippen molar-refractivity contribution in [1.82, 2.24) is 10.3 Å². The number of allylic oxidation sites excluding steroid dienone is 3. The predicted molar refractivity (Wildman–Crippen MR) is 99.1 cm³/mol. The SMILES string of the molecule is C=C(N)C(=C\C=C/Cc1cnccc1OC)/C(N)=C(\N)C(=O)NCC. The van der Waals surface area contributed by atoms with E-state index in [0.717, 1.165) is 11.3 Å². The lowest BCUT2D eigenvalue weighted by atomic mass is 10.1. The maximum Gasteiger partial charge on any atom is 0.269 e. The van der Waals surface area contributed by atoms with Crippen LogP contribution in [0.5, 0.6) is 5.75 Å². The number of nitrogens with one attached hydrogen (secondary N) is 1. The van der Waals surface area contributed by atoms with E-state index in [2.05, 4.69) is 16.9 Å². The van der Waals surface area contributed by atoms with Gasteiger partial charge < -0.3 is 27.3 Å². The quantitative estimate of drug-likeness (QED) is 0.409. The Balaban J connectivity index is 2.97. The minimum atomic E-state index is -0.448. The first-order valence-corrected chi connectivity index (χ1v) is 7.74. The van der Waals surface area contributed by atoms with E-state index in [0.29, 0.717) is 18.5 Å². The van der Waals surface area contributed by atoms with Crippen LogP contribution >= 0.6 is 0 Å². The molecule has 1 aromatic heterocycles. The molecule has 0 aliphatic carbocycles. The summed E-state index contributed by atoms with van der Waals surface area (Å²) in [6.45, 7) is 5.91. The Labute approximate surface area is 147 Å². The molecule has 0 aliphatic rings. The van der Waals surface area contributed by atoms with Gasteiger partial charge in [-0.1, -0.05) is 24.8 Å². The van der Waals surface area contributed by atoms with E-state index in [4.69, 9.17) is 21.9 Å². The first-order valence-electron chi connectivity index (χ1n) is 7.74. The number of likely N-dealkylation sites (N-methyl/N-ethyl adjacent to an activating group) is 1. The normalized spacial score (nSPS) is 12.6. The number of amides is 1. The maximum atomic E-state index is 11.8. The van der Waals surface area contributed by atoms with Crippen LogP contribution in [0.4, 0.5) is 0 Å². The molecule has 0 spiro atoms. The average Bonchev–Trinajstić information content (AvgIpc) is 2.60. The van der Waals surface area contributed by atoms with Crippen LogP contribution in [0, 0.1) is 0 Å². The lowest BCUT2D eigenvalue weighted by Crippen LogP contribution is -2.31. The summed E-state index contributed by atoms with van der Waals surface area (Å²) in [7, 11) is 1.61. The summed E-state index contributed by atoms with van der Waals surface area (Å²) >= 11 is 0. The number of methoxy groups -OCH3 is 1. The van der Waals surface area contributed by atoms with Crippen molar-refractivity contribution >= 4 is 5.91 Å². The van der Waals surface area contributed by atoms with Crippen LogP contribution in [-0.2, 0) is 11.2 Å². The van der Waals surface area contributed by atoms with Crippen molar-refractivity contribution in [2.75, 3.05) is 13.7 Å². The molecule has 0 saturated carbocycles. The molecule has 0 unspecified atom stereocenters. The van der Waals surface area contributed by atoms with Gasteiger partial charge in [-0.15, -0.1) is 0 Å². The van der Waals surface area contributed by atoms with Crippen LogP contribution in [0.2, 0.25) is 0 Å². The molecule has 1 aromatic rings. The maximum absolute atomic E-state index is 11.8. The van der Waals surface area contributed by atoms with Crippen molar-refractivity contribution in [1.29, 1.82) is 0 Å². The fourth-order valence-electron chi connectivity index (χ4n) is 2.02. The number of aromatic nitrogens is 1. The third-order valence-corrected chi connectivity index (χ3v) is 3.32. The zero-order valence-corrected chi connectivity index (χ0v) is 14.6. The number of carbonyl (C=O) groups is 1. The van der Waals surface area contributed by atoms with Gasteiger partial charge in [-0.05, 0) is 19.4 Å². The number of hydrogen-bond acceptors (Lipinski definition) is 6. The zero-order chi connectivity index (χ0) is 18.8. The minimum Gasteiger partial charge on any atom is -0.496 e.